The van der Waals surface area contributed by atoms with Gasteiger partial charge in [-0.15, -0.1) is 0 Å². The van der Waals surface area contributed by atoms with Crippen LogP contribution in [0.5, 0.6) is 11.5 Å². The molecule has 0 fully saturated rings. The summed E-state index contributed by atoms with van der Waals surface area (Å²) in [4.78, 5) is 20.5. The Kier molecular flexibility index (Phi) is 6.34. The highest BCUT2D eigenvalue weighted by molar-refractivity contribution is 5.86. The molecule has 2 aromatic heterocycles. The summed E-state index contributed by atoms with van der Waals surface area (Å²) in [6.07, 6.45) is 5.82. The molecule has 1 amide bonds. The van der Waals surface area contributed by atoms with Gasteiger partial charge in [0, 0.05) is 48.4 Å². The Balaban J connectivity index is 1.43. The van der Waals surface area contributed by atoms with Gasteiger partial charge >= 0.3 is 0 Å². The van der Waals surface area contributed by atoms with Crippen LogP contribution in [0.15, 0.2) is 110 Å². The molecule has 1 atom stereocenters. The lowest BCUT2D eigenvalue weighted by molar-refractivity contribution is -0.121. The Labute approximate surface area is 198 Å². The first-order chi connectivity index (χ1) is 16.8. The fourth-order valence-corrected chi connectivity index (χ4v) is 4.17. The predicted octanol–water partition coefficient (Wildman–Crippen LogP) is 6.19. The smallest absolute Gasteiger partial charge is 0.221 e. The summed E-state index contributed by atoms with van der Waals surface area (Å²) in [5.41, 5.74) is 4.13. The van der Waals surface area contributed by atoms with E-state index in [1.807, 2.05) is 85.1 Å². The van der Waals surface area contributed by atoms with E-state index in [0.29, 0.717) is 13.0 Å². The van der Waals surface area contributed by atoms with Crippen molar-refractivity contribution < 1.29 is 9.53 Å². The zero-order valence-corrected chi connectivity index (χ0v) is 18.6. The molecule has 0 radical (unpaired) electrons. The fraction of sp³-hybridized carbons (Fsp3) is 0.103. The van der Waals surface area contributed by atoms with Crippen molar-refractivity contribution in [2.45, 2.75) is 18.9 Å². The van der Waals surface area contributed by atoms with Gasteiger partial charge in [0.1, 0.15) is 11.5 Å². The van der Waals surface area contributed by atoms with E-state index in [1.54, 1.807) is 12.4 Å². The number of aromatic amines is 1. The van der Waals surface area contributed by atoms with E-state index < -0.39 is 0 Å². The third-order valence-electron chi connectivity index (χ3n) is 5.84. The summed E-state index contributed by atoms with van der Waals surface area (Å²) >= 11 is 0. The molecule has 0 saturated heterocycles. The van der Waals surface area contributed by atoms with Crippen LogP contribution in [0, 0.1) is 0 Å². The standard InChI is InChI=1S/C29H25N3O2/c33-29(32-19-21-8-7-15-30-18-21)17-26(27-20-31-28-14-5-4-13-25(27)28)22-9-6-12-24(16-22)34-23-10-2-1-3-11-23/h1-16,18,20,26,31H,17,19H2,(H,32,33). The van der Waals surface area contributed by atoms with Crippen LogP contribution in [0.25, 0.3) is 10.9 Å². The number of rotatable bonds is 8. The maximum atomic E-state index is 13.0. The van der Waals surface area contributed by atoms with Crippen molar-refractivity contribution in [3.63, 3.8) is 0 Å². The van der Waals surface area contributed by atoms with Crippen LogP contribution in [0.3, 0.4) is 0 Å². The second kappa shape index (κ2) is 10.0. The van der Waals surface area contributed by atoms with Crippen LogP contribution in [0.1, 0.15) is 29.0 Å². The lowest BCUT2D eigenvalue weighted by atomic mass is 9.88. The van der Waals surface area contributed by atoms with Crippen molar-refractivity contribution >= 4 is 16.8 Å². The minimum absolute atomic E-state index is 0.0199. The van der Waals surface area contributed by atoms with Crippen molar-refractivity contribution in [2.75, 3.05) is 0 Å². The molecule has 2 heterocycles. The number of hydrogen-bond donors (Lipinski definition) is 2. The fourth-order valence-electron chi connectivity index (χ4n) is 4.17. The quantitative estimate of drug-likeness (QED) is 0.298. The minimum Gasteiger partial charge on any atom is -0.457 e. The molecule has 0 spiro atoms. The van der Waals surface area contributed by atoms with Crippen molar-refractivity contribution in [1.82, 2.24) is 15.3 Å². The summed E-state index contributed by atoms with van der Waals surface area (Å²) in [7, 11) is 0. The van der Waals surface area contributed by atoms with E-state index in [-0.39, 0.29) is 11.8 Å². The Hall–Kier alpha value is -4.38. The average molecular weight is 448 g/mol. The van der Waals surface area contributed by atoms with E-state index in [0.717, 1.165) is 39.1 Å². The zero-order chi connectivity index (χ0) is 23.2. The predicted molar refractivity (Wildman–Crippen MR) is 134 cm³/mol. The number of ether oxygens (including phenoxy) is 1. The zero-order valence-electron chi connectivity index (χ0n) is 18.6. The summed E-state index contributed by atoms with van der Waals surface area (Å²) in [5.74, 6) is 1.36. The number of nitrogens with one attached hydrogen (secondary N) is 2. The minimum atomic E-state index is -0.135. The van der Waals surface area contributed by atoms with E-state index in [9.17, 15) is 4.79 Å². The molecular weight excluding hydrogens is 422 g/mol. The molecular formula is C29H25N3O2. The monoisotopic (exact) mass is 447 g/mol. The topological polar surface area (TPSA) is 67.0 Å². The summed E-state index contributed by atoms with van der Waals surface area (Å²) in [6, 6.07) is 29.7. The first-order valence-electron chi connectivity index (χ1n) is 11.3. The number of fused-ring (bicyclic) bond motifs is 1. The number of hydrogen-bond acceptors (Lipinski definition) is 3. The number of nitrogens with zero attached hydrogens (tertiary/aromatic N) is 1. The molecule has 168 valence electrons. The number of pyridine rings is 1. The maximum absolute atomic E-state index is 13.0. The summed E-state index contributed by atoms with van der Waals surface area (Å²) in [5, 5.41) is 4.16. The van der Waals surface area contributed by atoms with Gasteiger partial charge in [-0.25, -0.2) is 0 Å². The Bertz CT molecular complexity index is 1380. The Morgan fingerprint density at radius 2 is 1.74 bits per heavy atom. The van der Waals surface area contributed by atoms with Crippen LogP contribution in [0.2, 0.25) is 0 Å². The Morgan fingerprint density at radius 3 is 2.59 bits per heavy atom. The van der Waals surface area contributed by atoms with Crippen LogP contribution in [-0.4, -0.2) is 15.9 Å². The second-order valence-corrected chi connectivity index (χ2v) is 8.17. The molecule has 0 aliphatic rings. The number of amides is 1. The van der Waals surface area contributed by atoms with Gasteiger partial charge in [-0.05, 0) is 53.1 Å². The normalized spacial score (nSPS) is 11.8. The molecule has 0 aliphatic carbocycles. The lowest BCUT2D eigenvalue weighted by Gasteiger charge is -2.18. The summed E-state index contributed by atoms with van der Waals surface area (Å²) in [6.45, 7) is 0.449. The molecule has 3 aromatic carbocycles. The molecule has 34 heavy (non-hydrogen) atoms. The number of carbonyl (C=O) groups is 1. The largest absolute Gasteiger partial charge is 0.457 e. The number of carbonyl (C=O) groups excluding carboxylic acids is 1. The van der Waals surface area contributed by atoms with Gasteiger partial charge in [-0.1, -0.05) is 54.6 Å². The van der Waals surface area contributed by atoms with Crippen LogP contribution >= 0.6 is 0 Å². The van der Waals surface area contributed by atoms with Gasteiger partial charge in [0.2, 0.25) is 5.91 Å². The summed E-state index contributed by atoms with van der Waals surface area (Å²) < 4.78 is 6.07. The maximum Gasteiger partial charge on any atom is 0.221 e. The van der Waals surface area contributed by atoms with Gasteiger partial charge in [-0.2, -0.15) is 0 Å². The number of para-hydroxylation sites is 2. The molecule has 1 unspecified atom stereocenters. The van der Waals surface area contributed by atoms with E-state index in [1.165, 1.54) is 0 Å². The highest BCUT2D eigenvalue weighted by Crippen LogP contribution is 2.35. The van der Waals surface area contributed by atoms with Crippen molar-refractivity contribution in [3.05, 3.63) is 126 Å². The number of benzene rings is 3. The Morgan fingerprint density at radius 1 is 0.912 bits per heavy atom. The average Bonchev–Trinajstić information content (AvgIpc) is 3.31. The molecule has 0 bridgehead atoms. The molecule has 5 rings (SSSR count). The molecule has 0 saturated carbocycles. The first kappa shape index (κ1) is 21.5. The highest BCUT2D eigenvalue weighted by atomic mass is 16.5. The molecule has 5 heteroatoms. The van der Waals surface area contributed by atoms with Crippen LogP contribution in [-0.2, 0) is 11.3 Å². The van der Waals surface area contributed by atoms with E-state index in [4.69, 9.17) is 4.74 Å². The lowest BCUT2D eigenvalue weighted by Crippen LogP contribution is -2.25. The van der Waals surface area contributed by atoms with Crippen molar-refractivity contribution in [2.24, 2.45) is 0 Å². The molecule has 2 N–H and O–H groups in total. The second-order valence-electron chi connectivity index (χ2n) is 8.17. The number of H-pyrrole nitrogens is 1. The van der Waals surface area contributed by atoms with Gasteiger partial charge < -0.3 is 15.0 Å². The van der Waals surface area contributed by atoms with Crippen LogP contribution < -0.4 is 10.1 Å². The van der Waals surface area contributed by atoms with Gasteiger partial charge in [0.05, 0.1) is 0 Å². The van der Waals surface area contributed by atoms with Gasteiger partial charge in [0.15, 0.2) is 0 Å². The third kappa shape index (κ3) is 4.99. The molecule has 5 nitrogen and oxygen atoms in total. The number of aromatic nitrogens is 2. The van der Waals surface area contributed by atoms with E-state index in [2.05, 4.69) is 27.4 Å². The third-order valence-corrected chi connectivity index (χ3v) is 5.84. The van der Waals surface area contributed by atoms with Crippen molar-refractivity contribution in [1.29, 1.82) is 0 Å². The van der Waals surface area contributed by atoms with Gasteiger partial charge in [0.25, 0.3) is 0 Å². The highest BCUT2D eigenvalue weighted by Gasteiger charge is 2.22. The molecule has 0 aliphatic heterocycles. The first-order valence-corrected chi connectivity index (χ1v) is 11.3. The van der Waals surface area contributed by atoms with E-state index >= 15 is 0 Å². The SMILES string of the molecule is O=C(CC(c1cccc(Oc2ccccc2)c1)c1c[nH]c2ccccc12)NCc1cccnc1. The van der Waals surface area contributed by atoms with Crippen LogP contribution in [0.4, 0.5) is 0 Å². The molecule has 5 aromatic rings. The van der Waals surface area contributed by atoms with Crippen molar-refractivity contribution in [3.8, 4) is 11.5 Å². The van der Waals surface area contributed by atoms with Gasteiger partial charge in [-0.3, -0.25) is 9.78 Å².